The Kier molecular flexibility index (Phi) is 28.1. The van der Waals surface area contributed by atoms with Gasteiger partial charge in [-0.3, -0.25) is 24.3 Å². The van der Waals surface area contributed by atoms with Gasteiger partial charge >= 0.3 is 83.7 Å². The van der Waals surface area contributed by atoms with Gasteiger partial charge in [0.05, 0.1) is 0 Å². The van der Waals surface area contributed by atoms with E-state index in [2.05, 4.69) is 50.5 Å². The van der Waals surface area contributed by atoms with Gasteiger partial charge < -0.3 is 24.8 Å². The monoisotopic (exact) mass is 1060 g/mol. The Morgan fingerprint density at radius 3 is 0.661 bits per heavy atom. The predicted molar refractivity (Wildman–Crippen MR) is 241 cm³/mol. The Morgan fingerprint density at radius 1 is 0.371 bits per heavy atom. The minimum Gasteiger partial charge on any atom is -1.00 e. The van der Waals surface area contributed by atoms with Crippen molar-refractivity contribution in [1.29, 1.82) is 0 Å². The predicted octanol–water partition coefficient (Wildman–Crippen LogP) is 9.03. The third-order valence-electron chi connectivity index (χ3n) is 8.67. The number of hydrogen-bond acceptors (Lipinski definition) is 0. The van der Waals surface area contributed by atoms with Crippen molar-refractivity contribution in [3.63, 3.8) is 0 Å². The molecule has 0 aromatic heterocycles. The number of hydrogen-bond donors (Lipinski definition) is 0. The van der Waals surface area contributed by atoms with Crippen LogP contribution in [0.4, 0.5) is 17.6 Å². The molecule has 0 atom stereocenters. The first-order valence-electron chi connectivity index (χ1n) is 19.7. The molecule has 0 nitrogen and oxygen atoms in total. The maximum Gasteiger partial charge on any atom is -1.00 e. The Hall–Kier alpha value is -2.70. The SMILES string of the molecule is CC1=[C-]CC(c2ccccc2F)=C1.CC1=[C-]CC(c2ccccc2F)=C1.CC1=[C-]CC(c2ccccc2F)=C1.CC1=[C-]CC(c2ccccc2F)=C1.C[Si](C)=[Zr+2].C[Si](C)=[Zr+2].[Cl-].[Cl-]. The summed E-state index contributed by atoms with van der Waals surface area (Å²) < 4.78 is 53.2. The van der Waals surface area contributed by atoms with Crippen molar-refractivity contribution in [3.05, 3.63) is 213 Å². The Balaban J connectivity index is 0.000000386. The number of benzene rings is 4. The van der Waals surface area contributed by atoms with Crippen molar-refractivity contribution in [3.8, 4) is 0 Å². The summed E-state index contributed by atoms with van der Waals surface area (Å²) >= 11 is 3.48. The van der Waals surface area contributed by atoms with E-state index in [1.54, 1.807) is 95.2 Å². The van der Waals surface area contributed by atoms with E-state index in [-0.39, 0.29) is 59.0 Å². The van der Waals surface area contributed by atoms with Crippen LogP contribution in [-0.4, -0.2) is 10.9 Å². The second-order valence-electron chi connectivity index (χ2n) is 14.7. The van der Waals surface area contributed by atoms with Crippen LogP contribution in [0.15, 0.2) is 144 Å². The molecule has 8 rings (SSSR count). The fraction of sp³-hybridized carbons (Fsp3) is 0.231. The van der Waals surface area contributed by atoms with E-state index in [4.69, 9.17) is 0 Å². The van der Waals surface area contributed by atoms with Gasteiger partial charge in [0.25, 0.3) is 0 Å². The van der Waals surface area contributed by atoms with Crippen molar-refractivity contribution in [1.82, 2.24) is 0 Å². The quantitative estimate of drug-likeness (QED) is 0.109. The molecule has 0 saturated carbocycles. The molecule has 0 radical (unpaired) electrons. The molecule has 0 amide bonds. The van der Waals surface area contributed by atoms with Gasteiger partial charge in [-0.05, 0) is 46.5 Å². The molecule has 0 fully saturated rings. The third-order valence-corrected chi connectivity index (χ3v) is 8.67. The normalized spacial score (nSPS) is 13.9. The topological polar surface area (TPSA) is 0 Å². The zero-order valence-corrected chi connectivity index (χ0v) is 45.1. The van der Waals surface area contributed by atoms with Crippen LogP contribution in [0.1, 0.15) is 75.6 Å². The molecule has 4 aromatic rings. The van der Waals surface area contributed by atoms with Crippen LogP contribution in [-0.2, 0) is 46.7 Å². The molecule has 10 heteroatoms. The molecule has 62 heavy (non-hydrogen) atoms. The van der Waals surface area contributed by atoms with E-state index < -0.39 is 0 Å². The minimum atomic E-state index is -0.148. The molecule has 0 unspecified atom stereocenters. The average Bonchev–Trinajstić information content (AvgIpc) is 4.02. The first-order chi connectivity index (χ1) is 28.5. The maximum atomic E-state index is 13.3. The summed E-state index contributed by atoms with van der Waals surface area (Å²) in [5, 5.41) is 0. The second-order valence-corrected chi connectivity index (χ2v) is 33.5. The molecule has 0 N–H and O–H groups in total. The third kappa shape index (κ3) is 20.9. The molecule has 0 heterocycles. The van der Waals surface area contributed by atoms with Crippen LogP contribution in [0.2, 0.25) is 26.2 Å². The largest absolute Gasteiger partial charge is 1.00 e. The summed E-state index contributed by atoms with van der Waals surface area (Å²) in [6.07, 6.45) is 23.5. The number of halogens is 6. The van der Waals surface area contributed by atoms with Gasteiger partial charge in [-0.25, -0.2) is 64.2 Å². The first-order valence-corrected chi connectivity index (χ1v) is 32.1. The van der Waals surface area contributed by atoms with E-state index in [9.17, 15) is 17.6 Å². The summed E-state index contributed by atoms with van der Waals surface area (Å²) in [6.45, 7) is 17.2. The fourth-order valence-electron chi connectivity index (χ4n) is 5.97. The summed E-state index contributed by atoms with van der Waals surface area (Å²) in [7, 11) is 0. The average molecular weight is 1060 g/mol. The summed E-state index contributed by atoms with van der Waals surface area (Å²) in [5.74, 6) is -0.592. The minimum absolute atomic E-state index is 0. The van der Waals surface area contributed by atoms with Crippen LogP contribution in [0, 0.1) is 47.6 Å². The Morgan fingerprint density at radius 2 is 0.532 bits per heavy atom. The van der Waals surface area contributed by atoms with Gasteiger partial charge in [-0.2, -0.15) is 0 Å². The van der Waals surface area contributed by atoms with Gasteiger partial charge in [0.1, 0.15) is 23.3 Å². The summed E-state index contributed by atoms with van der Waals surface area (Å²) in [5.41, 5.74) is 11.7. The van der Waals surface area contributed by atoms with Crippen LogP contribution >= 0.6 is 0 Å². The smallest absolute Gasteiger partial charge is 1.00 e. The van der Waals surface area contributed by atoms with Gasteiger partial charge in [0.15, 0.2) is 0 Å². The summed E-state index contributed by atoms with van der Waals surface area (Å²) in [6, 6.07) is 27.4. The molecule has 0 aliphatic heterocycles. The maximum absolute atomic E-state index is 13.3. The standard InChI is InChI=1S/4C12H10F.2C2H6Si.2ClH.2Zr/c4*1-9-6-7-10(8-9)11-4-2-3-5-12(11)13;2*1-3-2;;;;/h4*2-5,8H,7H2,1H3;2*1-2H3;2*1H;;/q4*-1;;;;;2*+2/p-2. The van der Waals surface area contributed by atoms with Crippen LogP contribution in [0.25, 0.3) is 22.3 Å². The molecule has 0 spiro atoms. The molecule has 0 saturated heterocycles. The van der Waals surface area contributed by atoms with E-state index >= 15 is 0 Å². The molecular formula is C52H52Cl2F4Si2Zr2-2. The zero-order valence-electron chi connectivity index (χ0n) is 36.6. The number of allylic oxidation sites excluding steroid dienone is 16. The second kappa shape index (κ2) is 30.4. The summed E-state index contributed by atoms with van der Waals surface area (Å²) in [4.78, 5) is 0. The molecule has 4 aromatic carbocycles. The number of rotatable bonds is 4. The molecule has 4 aliphatic carbocycles. The molecule has 0 bridgehead atoms. The van der Waals surface area contributed by atoms with Gasteiger partial charge in [-0.1, -0.05) is 100 Å². The Bertz CT molecular complexity index is 2070. The van der Waals surface area contributed by atoms with Gasteiger partial charge in [0, 0.05) is 0 Å². The van der Waals surface area contributed by atoms with Crippen molar-refractivity contribution in [2.75, 3.05) is 0 Å². The van der Waals surface area contributed by atoms with E-state index in [1.807, 2.05) is 76.3 Å². The van der Waals surface area contributed by atoms with E-state index in [0.717, 1.165) is 70.3 Å². The van der Waals surface area contributed by atoms with Gasteiger partial charge in [-0.15, -0.1) is 48.0 Å². The fourth-order valence-corrected chi connectivity index (χ4v) is 5.97. The first kappa shape index (κ1) is 57.3. The van der Waals surface area contributed by atoms with E-state index in [0.29, 0.717) is 22.3 Å². The van der Waals surface area contributed by atoms with Crippen LogP contribution in [0.3, 0.4) is 0 Å². The van der Waals surface area contributed by atoms with E-state index in [1.165, 1.54) is 24.3 Å². The van der Waals surface area contributed by atoms with Crippen LogP contribution in [0.5, 0.6) is 0 Å². The van der Waals surface area contributed by atoms with Gasteiger partial charge in [0.2, 0.25) is 0 Å². The van der Waals surface area contributed by atoms with Crippen molar-refractivity contribution >= 4 is 33.2 Å². The molecular weight excluding hydrogens is 1010 g/mol. The van der Waals surface area contributed by atoms with Crippen molar-refractivity contribution in [2.24, 2.45) is 0 Å². The van der Waals surface area contributed by atoms with Crippen molar-refractivity contribution < 1.29 is 89.0 Å². The zero-order chi connectivity index (χ0) is 44.2. The Labute approximate surface area is 411 Å². The molecule has 4 aliphatic rings. The van der Waals surface area contributed by atoms with Crippen LogP contribution < -0.4 is 24.8 Å². The van der Waals surface area contributed by atoms with Crippen molar-refractivity contribution in [2.45, 2.75) is 79.6 Å². The molecule has 320 valence electrons.